The Morgan fingerprint density at radius 3 is 2.56 bits per heavy atom. The average molecular weight is 252 g/mol. The van der Waals surface area contributed by atoms with Gasteiger partial charge in [-0.05, 0) is 25.7 Å². The third kappa shape index (κ3) is 3.44. The van der Waals surface area contributed by atoms with Gasteiger partial charge in [0.05, 0.1) is 31.3 Å². The van der Waals surface area contributed by atoms with Crippen LogP contribution in [0.5, 0.6) is 0 Å². The Bertz CT molecular complexity index is 282. The molecule has 1 saturated heterocycles. The molecule has 1 saturated carbocycles. The van der Waals surface area contributed by atoms with Crippen molar-refractivity contribution in [2.24, 2.45) is 5.92 Å². The van der Waals surface area contributed by atoms with E-state index in [1.165, 1.54) is 19.3 Å². The van der Waals surface area contributed by atoms with E-state index in [1.54, 1.807) is 0 Å². The standard InChI is InChI=1S/C14H24N2O2/c15-11-12-3-1-2-4-14(12)16-7-5-13(6-8-16)18-10-9-17/h12-14,17H,1-10H2. The van der Waals surface area contributed by atoms with Crippen LogP contribution < -0.4 is 0 Å². The van der Waals surface area contributed by atoms with Crippen molar-refractivity contribution in [2.75, 3.05) is 26.3 Å². The zero-order valence-electron chi connectivity index (χ0n) is 11.1. The van der Waals surface area contributed by atoms with E-state index in [2.05, 4.69) is 11.0 Å². The predicted octanol–water partition coefficient (Wildman–Crippen LogP) is 1.54. The van der Waals surface area contributed by atoms with E-state index >= 15 is 0 Å². The van der Waals surface area contributed by atoms with Crippen LogP contribution in [0.15, 0.2) is 0 Å². The quantitative estimate of drug-likeness (QED) is 0.824. The highest BCUT2D eigenvalue weighted by atomic mass is 16.5. The second kappa shape index (κ2) is 7.08. The number of aliphatic hydroxyl groups excluding tert-OH is 1. The molecule has 2 fully saturated rings. The Hall–Kier alpha value is -0.630. The van der Waals surface area contributed by atoms with E-state index in [-0.39, 0.29) is 12.5 Å². The number of ether oxygens (including phenoxy) is 1. The van der Waals surface area contributed by atoms with Gasteiger partial charge in [0.1, 0.15) is 0 Å². The number of likely N-dealkylation sites (tertiary alicyclic amines) is 1. The largest absolute Gasteiger partial charge is 0.394 e. The number of nitrogens with zero attached hydrogens (tertiary/aromatic N) is 2. The Balaban J connectivity index is 1.79. The third-order valence-corrected chi connectivity index (χ3v) is 4.29. The predicted molar refractivity (Wildman–Crippen MR) is 69.0 cm³/mol. The highest BCUT2D eigenvalue weighted by Gasteiger charge is 2.32. The molecule has 0 amide bonds. The van der Waals surface area contributed by atoms with Crippen molar-refractivity contribution in [3.63, 3.8) is 0 Å². The molecule has 2 aliphatic rings. The third-order valence-electron chi connectivity index (χ3n) is 4.29. The number of hydrogen-bond donors (Lipinski definition) is 1. The van der Waals surface area contributed by atoms with Gasteiger partial charge in [-0.2, -0.15) is 5.26 Å². The summed E-state index contributed by atoms with van der Waals surface area (Å²) in [6.07, 6.45) is 7.11. The number of aliphatic hydroxyl groups is 1. The lowest BCUT2D eigenvalue weighted by Gasteiger charge is -2.41. The summed E-state index contributed by atoms with van der Waals surface area (Å²) >= 11 is 0. The van der Waals surface area contributed by atoms with Gasteiger partial charge in [-0.25, -0.2) is 0 Å². The molecule has 1 aliphatic heterocycles. The summed E-state index contributed by atoms with van der Waals surface area (Å²) in [5.41, 5.74) is 0. The fourth-order valence-electron chi connectivity index (χ4n) is 3.29. The number of rotatable bonds is 4. The van der Waals surface area contributed by atoms with Crippen LogP contribution in [-0.4, -0.2) is 48.5 Å². The van der Waals surface area contributed by atoms with E-state index in [1.807, 2.05) is 0 Å². The van der Waals surface area contributed by atoms with Gasteiger partial charge in [0, 0.05) is 19.1 Å². The van der Waals surface area contributed by atoms with E-state index in [9.17, 15) is 5.26 Å². The molecule has 0 aromatic carbocycles. The lowest BCUT2D eigenvalue weighted by atomic mass is 9.83. The van der Waals surface area contributed by atoms with Gasteiger partial charge < -0.3 is 9.84 Å². The monoisotopic (exact) mass is 252 g/mol. The van der Waals surface area contributed by atoms with Crippen LogP contribution >= 0.6 is 0 Å². The van der Waals surface area contributed by atoms with Gasteiger partial charge >= 0.3 is 0 Å². The molecule has 0 radical (unpaired) electrons. The summed E-state index contributed by atoms with van der Waals surface area (Å²) in [6, 6.07) is 2.97. The Morgan fingerprint density at radius 2 is 1.89 bits per heavy atom. The minimum absolute atomic E-state index is 0.110. The van der Waals surface area contributed by atoms with E-state index in [0.29, 0.717) is 18.8 Å². The highest BCUT2D eigenvalue weighted by molar-refractivity contribution is 4.96. The fraction of sp³-hybridized carbons (Fsp3) is 0.929. The summed E-state index contributed by atoms with van der Waals surface area (Å²) in [5, 5.41) is 18.0. The number of piperidine rings is 1. The van der Waals surface area contributed by atoms with Crippen molar-refractivity contribution in [2.45, 2.75) is 50.7 Å². The Kier molecular flexibility index (Phi) is 5.43. The molecule has 0 aromatic rings. The molecule has 4 heteroatoms. The highest BCUT2D eigenvalue weighted by Crippen LogP contribution is 2.30. The Morgan fingerprint density at radius 1 is 1.17 bits per heavy atom. The fourth-order valence-corrected chi connectivity index (χ4v) is 3.29. The van der Waals surface area contributed by atoms with Crippen molar-refractivity contribution < 1.29 is 9.84 Å². The van der Waals surface area contributed by atoms with Crippen LogP contribution in [0.2, 0.25) is 0 Å². The van der Waals surface area contributed by atoms with Gasteiger partial charge in [-0.3, -0.25) is 4.90 Å². The molecule has 0 bridgehead atoms. The second-order valence-electron chi connectivity index (χ2n) is 5.42. The first-order chi connectivity index (χ1) is 8.85. The van der Waals surface area contributed by atoms with Gasteiger partial charge in [0.25, 0.3) is 0 Å². The maximum absolute atomic E-state index is 9.23. The molecule has 2 unspecified atom stereocenters. The maximum atomic E-state index is 9.23. The SMILES string of the molecule is N#CC1CCCCC1N1CCC(OCCO)CC1. The van der Waals surface area contributed by atoms with Gasteiger partial charge in [0.15, 0.2) is 0 Å². The molecule has 2 rings (SSSR count). The number of hydrogen-bond acceptors (Lipinski definition) is 4. The molecule has 0 aromatic heterocycles. The van der Waals surface area contributed by atoms with Crippen LogP contribution in [0.1, 0.15) is 38.5 Å². The van der Waals surface area contributed by atoms with E-state index < -0.39 is 0 Å². The molecule has 0 spiro atoms. The minimum atomic E-state index is 0.110. The molecule has 1 heterocycles. The number of nitriles is 1. The first-order valence-electron chi connectivity index (χ1n) is 7.21. The first-order valence-corrected chi connectivity index (χ1v) is 7.21. The van der Waals surface area contributed by atoms with Crippen molar-refractivity contribution in [1.82, 2.24) is 4.90 Å². The molecule has 2 atom stereocenters. The average Bonchev–Trinajstić information content (AvgIpc) is 2.45. The zero-order valence-corrected chi connectivity index (χ0v) is 11.1. The molecule has 18 heavy (non-hydrogen) atoms. The summed E-state index contributed by atoms with van der Waals surface area (Å²) < 4.78 is 5.58. The Labute approximate surface area is 110 Å². The van der Waals surface area contributed by atoms with Crippen molar-refractivity contribution in [3.05, 3.63) is 0 Å². The van der Waals surface area contributed by atoms with Crippen molar-refractivity contribution in [3.8, 4) is 6.07 Å². The summed E-state index contributed by atoms with van der Waals surface area (Å²) in [4.78, 5) is 2.49. The normalized spacial score (nSPS) is 31.1. The lowest BCUT2D eigenvalue weighted by Crippen LogP contribution is -2.47. The summed E-state index contributed by atoms with van der Waals surface area (Å²) in [6.45, 7) is 2.64. The summed E-state index contributed by atoms with van der Waals surface area (Å²) in [7, 11) is 0. The van der Waals surface area contributed by atoms with Gasteiger partial charge in [-0.1, -0.05) is 12.8 Å². The van der Waals surface area contributed by atoms with Crippen molar-refractivity contribution in [1.29, 1.82) is 5.26 Å². The van der Waals surface area contributed by atoms with Gasteiger partial charge in [0.2, 0.25) is 0 Å². The van der Waals surface area contributed by atoms with E-state index in [4.69, 9.17) is 9.84 Å². The topological polar surface area (TPSA) is 56.5 Å². The molecular formula is C14H24N2O2. The van der Waals surface area contributed by atoms with Crippen LogP contribution in [-0.2, 0) is 4.74 Å². The molecule has 102 valence electrons. The van der Waals surface area contributed by atoms with Crippen molar-refractivity contribution >= 4 is 0 Å². The smallest absolute Gasteiger partial charge is 0.0701 e. The zero-order chi connectivity index (χ0) is 12.8. The molecule has 1 aliphatic carbocycles. The van der Waals surface area contributed by atoms with E-state index in [0.717, 1.165) is 32.4 Å². The second-order valence-corrected chi connectivity index (χ2v) is 5.42. The van der Waals surface area contributed by atoms with Crippen LogP contribution in [0.25, 0.3) is 0 Å². The molecule has 1 N–H and O–H groups in total. The van der Waals surface area contributed by atoms with Crippen LogP contribution in [0.4, 0.5) is 0 Å². The van der Waals surface area contributed by atoms with Crippen LogP contribution in [0, 0.1) is 17.2 Å². The molecular weight excluding hydrogens is 228 g/mol. The lowest BCUT2D eigenvalue weighted by molar-refractivity contribution is -0.0218. The maximum Gasteiger partial charge on any atom is 0.0701 e. The summed E-state index contributed by atoms with van der Waals surface area (Å²) in [5.74, 6) is 0.230. The van der Waals surface area contributed by atoms with Gasteiger partial charge in [-0.15, -0.1) is 0 Å². The molecule has 4 nitrogen and oxygen atoms in total. The first kappa shape index (κ1) is 13.8. The minimum Gasteiger partial charge on any atom is -0.394 e. The van der Waals surface area contributed by atoms with Crippen LogP contribution in [0.3, 0.4) is 0 Å².